The quantitative estimate of drug-likeness (QED) is 0.184. The topological polar surface area (TPSA) is 25.4 Å². The average Bonchev–Trinajstić information content (AvgIpc) is 3.10. The van der Waals surface area contributed by atoms with Gasteiger partial charge in [0.05, 0.1) is 0 Å². The molecule has 4 heteroatoms. The van der Waals surface area contributed by atoms with Crippen LogP contribution in [0.4, 0.5) is 17.2 Å². The number of aryl methyl sites for hydroxylation is 1. The molecule has 0 amide bonds. The summed E-state index contributed by atoms with van der Waals surface area (Å²) in [6.45, 7) is 11.7. The van der Waals surface area contributed by atoms with E-state index >= 15 is 0 Å². The molecule has 6 aromatic rings. The number of anilines is 3. The van der Waals surface area contributed by atoms with E-state index in [-0.39, 0.29) is 17.5 Å². The van der Waals surface area contributed by atoms with Gasteiger partial charge in [0.15, 0.2) is 0 Å². The maximum absolute atomic E-state index is 6.96. The molecule has 0 spiro atoms. The molecule has 5 aromatic carbocycles. The van der Waals surface area contributed by atoms with Crippen molar-refractivity contribution in [3.8, 4) is 33.8 Å². The Morgan fingerprint density at radius 3 is 1.85 bits per heavy atom. The number of benzene rings is 5. The van der Waals surface area contributed by atoms with Crippen LogP contribution in [0.3, 0.4) is 0 Å². The summed E-state index contributed by atoms with van der Waals surface area (Å²) in [7, 11) is 0. The van der Waals surface area contributed by atoms with E-state index in [1.165, 1.54) is 57.1 Å². The van der Waals surface area contributed by atoms with Crippen LogP contribution < -0.4 is 26.0 Å². The van der Waals surface area contributed by atoms with E-state index in [4.69, 9.17) is 9.72 Å². The van der Waals surface area contributed by atoms with Crippen LogP contribution in [0, 0.1) is 6.92 Å². The summed E-state index contributed by atoms with van der Waals surface area (Å²) in [5.74, 6) is 2.83. The Morgan fingerprint density at radius 2 is 1.19 bits per heavy atom. The maximum atomic E-state index is 6.96. The van der Waals surface area contributed by atoms with Crippen molar-refractivity contribution in [1.29, 1.82) is 0 Å². The molecule has 2 aliphatic heterocycles. The van der Waals surface area contributed by atoms with Gasteiger partial charge in [0, 0.05) is 28.6 Å². The second kappa shape index (κ2) is 10.5. The summed E-state index contributed by atoms with van der Waals surface area (Å²) in [4.78, 5) is 7.63. The summed E-state index contributed by atoms with van der Waals surface area (Å²) in [5, 5.41) is 0. The zero-order valence-electron chi connectivity index (χ0n) is 28.3. The number of aromatic nitrogens is 1. The van der Waals surface area contributed by atoms with E-state index in [1.807, 2.05) is 0 Å². The zero-order valence-corrected chi connectivity index (χ0v) is 28.3. The fraction of sp³-hybridized carbons (Fsp3) is 0.205. The van der Waals surface area contributed by atoms with Crippen LogP contribution in [-0.2, 0) is 10.8 Å². The van der Waals surface area contributed by atoms with E-state index in [1.54, 1.807) is 0 Å². The molecule has 0 saturated heterocycles. The maximum Gasteiger partial charge on any atom is 0.258 e. The number of hydrogen-bond donors (Lipinski definition) is 0. The predicted octanol–water partition coefficient (Wildman–Crippen LogP) is 9.48. The van der Waals surface area contributed by atoms with Crippen molar-refractivity contribution in [3.63, 3.8) is 0 Å². The standard InChI is InChI=1S/C44H39BN2O/c1-28-24-40-41-42(46-28)47(33-19-16-31(17-20-33)29-12-8-6-9-13-29)38-21-18-32(30-14-10-7-11-15-30)25-36(38)45(41)37-26-34-35(27-39(37)48-40)44(4,5)23-22-43(34,2)3/h6-21,24-27H,22-23H2,1-5H3. The van der Waals surface area contributed by atoms with Gasteiger partial charge in [0.1, 0.15) is 17.3 Å². The third kappa shape index (κ3) is 4.46. The minimum absolute atomic E-state index is 0.00325. The van der Waals surface area contributed by atoms with Crippen LogP contribution in [0.25, 0.3) is 22.3 Å². The summed E-state index contributed by atoms with van der Waals surface area (Å²) < 4.78 is 6.96. The molecule has 0 saturated carbocycles. The number of nitrogens with zero attached hydrogens (tertiary/aromatic N) is 2. The summed E-state index contributed by atoms with van der Waals surface area (Å²) in [6.07, 6.45) is 2.33. The van der Waals surface area contributed by atoms with Crippen molar-refractivity contribution in [1.82, 2.24) is 4.98 Å². The Balaban J connectivity index is 1.30. The minimum atomic E-state index is -0.00325. The molecule has 1 aliphatic carbocycles. The van der Waals surface area contributed by atoms with Crippen molar-refractivity contribution >= 4 is 40.3 Å². The van der Waals surface area contributed by atoms with Crippen molar-refractivity contribution < 1.29 is 4.74 Å². The molecule has 3 heterocycles. The Kier molecular flexibility index (Phi) is 6.34. The van der Waals surface area contributed by atoms with Crippen molar-refractivity contribution in [2.24, 2.45) is 0 Å². The molecule has 234 valence electrons. The number of fused-ring (bicyclic) bond motifs is 5. The fourth-order valence-corrected chi connectivity index (χ4v) is 8.29. The van der Waals surface area contributed by atoms with Gasteiger partial charge in [-0.05, 0) is 99.2 Å². The first kappa shape index (κ1) is 29.1. The molecule has 0 atom stereocenters. The Hall–Kier alpha value is -5.09. The number of ether oxygens (including phenoxy) is 1. The lowest BCUT2D eigenvalue weighted by atomic mass is 9.34. The molecule has 48 heavy (non-hydrogen) atoms. The average molecular weight is 623 g/mol. The molecular weight excluding hydrogens is 583 g/mol. The smallest absolute Gasteiger partial charge is 0.258 e. The van der Waals surface area contributed by atoms with Crippen LogP contribution in [0.15, 0.2) is 121 Å². The minimum Gasteiger partial charge on any atom is -0.458 e. The van der Waals surface area contributed by atoms with Gasteiger partial charge < -0.3 is 4.74 Å². The second-order valence-electron chi connectivity index (χ2n) is 15.1. The lowest BCUT2D eigenvalue weighted by molar-refractivity contribution is 0.330. The monoisotopic (exact) mass is 622 g/mol. The Morgan fingerprint density at radius 1 is 0.604 bits per heavy atom. The first-order chi connectivity index (χ1) is 23.2. The van der Waals surface area contributed by atoms with E-state index in [0.717, 1.165) is 39.8 Å². The van der Waals surface area contributed by atoms with Crippen LogP contribution in [-0.4, -0.2) is 11.7 Å². The molecule has 3 nitrogen and oxygen atoms in total. The van der Waals surface area contributed by atoms with Gasteiger partial charge in [0.25, 0.3) is 6.71 Å². The van der Waals surface area contributed by atoms with Crippen molar-refractivity contribution in [2.45, 2.75) is 58.3 Å². The Bertz CT molecular complexity index is 2220. The van der Waals surface area contributed by atoms with E-state index in [0.29, 0.717) is 0 Å². The predicted molar refractivity (Wildman–Crippen MR) is 201 cm³/mol. The molecule has 0 fully saturated rings. The lowest BCUT2D eigenvalue weighted by Crippen LogP contribution is -2.60. The summed E-state index contributed by atoms with van der Waals surface area (Å²) in [6, 6.07) is 44.2. The highest BCUT2D eigenvalue weighted by molar-refractivity contribution is 6.99. The third-order valence-electron chi connectivity index (χ3n) is 11.1. The fourth-order valence-electron chi connectivity index (χ4n) is 8.29. The van der Waals surface area contributed by atoms with Crippen molar-refractivity contribution in [2.75, 3.05) is 4.90 Å². The largest absolute Gasteiger partial charge is 0.458 e. The SMILES string of the molecule is Cc1cc2c3c(n1)N(c1ccc(-c4ccccc4)cc1)c1ccc(-c4ccccc4)cc1B3c1cc3c(cc1O2)C(C)(C)CCC3(C)C. The molecular formula is C44H39BN2O. The summed E-state index contributed by atoms with van der Waals surface area (Å²) >= 11 is 0. The van der Waals surface area contributed by atoms with Gasteiger partial charge in [-0.15, -0.1) is 0 Å². The molecule has 0 radical (unpaired) electrons. The van der Waals surface area contributed by atoms with Crippen LogP contribution in [0.1, 0.15) is 57.4 Å². The van der Waals surface area contributed by atoms with Crippen LogP contribution >= 0.6 is 0 Å². The molecule has 3 aliphatic rings. The van der Waals surface area contributed by atoms with Gasteiger partial charge in [-0.1, -0.05) is 119 Å². The van der Waals surface area contributed by atoms with Crippen LogP contribution in [0.2, 0.25) is 0 Å². The molecule has 9 rings (SSSR count). The first-order valence-electron chi connectivity index (χ1n) is 17.2. The van der Waals surface area contributed by atoms with Gasteiger partial charge in [-0.3, -0.25) is 4.90 Å². The molecule has 1 aromatic heterocycles. The van der Waals surface area contributed by atoms with Gasteiger partial charge in [-0.2, -0.15) is 0 Å². The van der Waals surface area contributed by atoms with Crippen molar-refractivity contribution in [3.05, 3.63) is 138 Å². The highest BCUT2D eigenvalue weighted by Gasteiger charge is 2.46. The van der Waals surface area contributed by atoms with Gasteiger partial charge in [0.2, 0.25) is 0 Å². The number of pyridine rings is 1. The number of rotatable bonds is 3. The molecule has 0 bridgehead atoms. The summed E-state index contributed by atoms with van der Waals surface area (Å²) in [5.41, 5.74) is 14.7. The third-order valence-corrected chi connectivity index (χ3v) is 11.1. The molecule has 0 unspecified atom stereocenters. The van der Waals surface area contributed by atoms with Gasteiger partial charge >= 0.3 is 0 Å². The van der Waals surface area contributed by atoms with Crippen LogP contribution in [0.5, 0.6) is 11.5 Å². The highest BCUT2D eigenvalue weighted by Crippen LogP contribution is 2.48. The molecule has 0 N–H and O–H groups in total. The van der Waals surface area contributed by atoms with E-state index < -0.39 is 0 Å². The zero-order chi connectivity index (χ0) is 32.8. The normalized spacial score (nSPS) is 16.3. The number of hydrogen-bond acceptors (Lipinski definition) is 3. The second-order valence-corrected chi connectivity index (χ2v) is 15.1. The highest BCUT2D eigenvalue weighted by atomic mass is 16.5. The van der Waals surface area contributed by atoms with E-state index in [2.05, 4.69) is 161 Å². The lowest BCUT2D eigenvalue weighted by Gasteiger charge is -2.44. The van der Waals surface area contributed by atoms with E-state index in [9.17, 15) is 0 Å². The Labute approximate surface area is 284 Å². The van der Waals surface area contributed by atoms with Gasteiger partial charge in [-0.25, -0.2) is 4.98 Å². The first-order valence-corrected chi connectivity index (χ1v) is 17.2.